The molecule has 0 aliphatic carbocycles. The van der Waals surface area contributed by atoms with Gasteiger partial charge in [0.25, 0.3) is 5.91 Å². The zero-order chi connectivity index (χ0) is 18.8. The maximum absolute atomic E-state index is 12.8. The Kier molecular flexibility index (Phi) is 5.14. The van der Waals surface area contributed by atoms with Gasteiger partial charge in [-0.2, -0.15) is 4.98 Å². The topological polar surface area (TPSA) is 59.2 Å². The van der Waals surface area contributed by atoms with Crippen LogP contribution >= 0.6 is 23.2 Å². The van der Waals surface area contributed by atoms with E-state index >= 15 is 0 Å². The Morgan fingerprint density at radius 1 is 1.11 bits per heavy atom. The lowest BCUT2D eigenvalue weighted by Crippen LogP contribution is -2.39. The van der Waals surface area contributed by atoms with E-state index in [2.05, 4.69) is 10.1 Å². The van der Waals surface area contributed by atoms with Gasteiger partial charge in [-0.1, -0.05) is 40.5 Å². The molecule has 138 valence electrons. The predicted octanol–water partition coefficient (Wildman–Crippen LogP) is 5.06. The van der Waals surface area contributed by atoms with Crippen molar-refractivity contribution < 1.29 is 9.32 Å². The first kappa shape index (κ1) is 18.0. The molecule has 0 spiro atoms. The van der Waals surface area contributed by atoms with E-state index in [1.165, 1.54) is 0 Å². The third-order valence-corrected chi connectivity index (χ3v) is 5.29. The number of carbonyl (C=O) groups excluding carboxylic acids is 1. The van der Waals surface area contributed by atoms with Crippen molar-refractivity contribution in [2.24, 2.45) is 0 Å². The lowest BCUT2D eigenvalue weighted by atomic mass is 9.97. The molecule has 1 aliphatic rings. The Labute approximate surface area is 166 Å². The molecular weight excluding hydrogens is 385 g/mol. The van der Waals surface area contributed by atoms with Gasteiger partial charge in [0.15, 0.2) is 0 Å². The van der Waals surface area contributed by atoms with E-state index in [1.807, 2.05) is 29.2 Å². The molecule has 1 saturated heterocycles. The number of nitrogens with zero attached hydrogens (tertiary/aromatic N) is 3. The number of hydrogen-bond acceptors (Lipinski definition) is 4. The van der Waals surface area contributed by atoms with E-state index in [0.717, 1.165) is 18.4 Å². The van der Waals surface area contributed by atoms with Crippen LogP contribution in [-0.4, -0.2) is 34.0 Å². The summed E-state index contributed by atoms with van der Waals surface area (Å²) in [7, 11) is 0. The summed E-state index contributed by atoms with van der Waals surface area (Å²) < 4.78 is 5.49. The van der Waals surface area contributed by atoms with Crippen molar-refractivity contribution in [2.45, 2.75) is 18.8 Å². The van der Waals surface area contributed by atoms with Crippen molar-refractivity contribution in [3.8, 4) is 11.4 Å². The second-order valence-corrected chi connectivity index (χ2v) is 7.38. The molecule has 1 aliphatic heterocycles. The molecule has 2 heterocycles. The summed E-state index contributed by atoms with van der Waals surface area (Å²) in [5.41, 5.74) is 1.36. The van der Waals surface area contributed by atoms with Crippen molar-refractivity contribution in [1.29, 1.82) is 0 Å². The highest BCUT2D eigenvalue weighted by atomic mass is 35.5. The molecule has 1 atom stereocenters. The smallest absolute Gasteiger partial charge is 0.255 e. The average Bonchev–Trinajstić information content (AvgIpc) is 3.19. The highest BCUT2D eigenvalue weighted by Crippen LogP contribution is 2.29. The first-order valence-electron chi connectivity index (χ1n) is 8.75. The molecule has 0 radical (unpaired) electrons. The van der Waals surface area contributed by atoms with Crippen LogP contribution < -0.4 is 0 Å². The summed E-state index contributed by atoms with van der Waals surface area (Å²) >= 11 is 12.1. The molecule has 27 heavy (non-hydrogen) atoms. The van der Waals surface area contributed by atoms with Gasteiger partial charge in [0.1, 0.15) is 0 Å². The van der Waals surface area contributed by atoms with Crippen molar-refractivity contribution in [3.63, 3.8) is 0 Å². The van der Waals surface area contributed by atoms with Gasteiger partial charge in [-0.05, 0) is 49.2 Å². The summed E-state index contributed by atoms with van der Waals surface area (Å²) in [5.74, 6) is 1.02. The van der Waals surface area contributed by atoms with Crippen molar-refractivity contribution in [2.75, 3.05) is 13.1 Å². The minimum absolute atomic E-state index is 0.0127. The lowest BCUT2D eigenvalue weighted by molar-refractivity contribution is 0.0696. The highest BCUT2D eigenvalue weighted by Gasteiger charge is 2.29. The summed E-state index contributed by atoms with van der Waals surface area (Å²) in [4.78, 5) is 19.2. The van der Waals surface area contributed by atoms with E-state index < -0.39 is 0 Å². The minimum Gasteiger partial charge on any atom is -0.339 e. The molecule has 5 nitrogen and oxygen atoms in total. The van der Waals surface area contributed by atoms with Crippen LogP contribution in [0.2, 0.25) is 10.0 Å². The highest BCUT2D eigenvalue weighted by molar-refractivity contribution is 6.33. The van der Waals surface area contributed by atoms with E-state index in [0.29, 0.717) is 40.4 Å². The van der Waals surface area contributed by atoms with Crippen LogP contribution in [0.15, 0.2) is 53.1 Å². The van der Waals surface area contributed by atoms with Gasteiger partial charge in [0, 0.05) is 23.7 Å². The van der Waals surface area contributed by atoms with E-state index in [9.17, 15) is 4.79 Å². The minimum atomic E-state index is -0.0669. The quantitative estimate of drug-likeness (QED) is 0.614. The number of piperidine rings is 1. The third-order valence-electron chi connectivity index (χ3n) is 4.71. The van der Waals surface area contributed by atoms with Gasteiger partial charge >= 0.3 is 0 Å². The van der Waals surface area contributed by atoms with E-state index in [-0.39, 0.29) is 11.8 Å². The molecule has 1 unspecified atom stereocenters. The van der Waals surface area contributed by atoms with Crippen molar-refractivity contribution in [3.05, 3.63) is 70.0 Å². The van der Waals surface area contributed by atoms with Crippen LogP contribution in [0.3, 0.4) is 0 Å². The van der Waals surface area contributed by atoms with Gasteiger partial charge in [-0.15, -0.1) is 0 Å². The molecule has 1 aromatic heterocycles. The van der Waals surface area contributed by atoms with Crippen LogP contribution in [0.5, 0.6) is 0 Å². The fraction of sp³-hybridized carbons (Fsp3) is 0.250. The van der Waals surface area contributed by atoms with Crippen LogP contribution in [0, 0.1) is 0 Å². The normalized spacial score (nSPS) is 17.1. The largest absolute Gasteiger partial charge is 0.339 e. The molecule has 0 N–H and O–H groups in total. The van der Waals surface area contributed by atoms with E-state index in [1.54, 1.807) is 24.3 Å². The number of aromatic nitrogens is 2. The standard InChI is InChI=1S/C20H17Cl2N3O2/c21-15-9-7-13(8-10-15)18-23-19(27-24-18)14-4-3-11-25(12-14)20(26)16-5-1-2-6-17(16)22/h1-2,5-10,14H,3-4,11-12H2. The Hall–Kier alpha value is -2.37. The molecule has 3 aromatic rings. The van der Waals surface area contributed by atoms with Gasteiger partial charge in [-0.25, -0.2) is 0 Å². The monoisotopic (exact) mass is 401 g/mol. The Morgan fingerprint density at radius 2 is 1.89 bits per heavy atom. The Morgan fingerprint density at radius 3 is 2.67 bits per heavy atom. The number of rotatable bonds is 3. The number of benzene rings is 2. The second-order valence-electron chi connectivity index (χ2n) is 6.53. The number of likely N-dealkylation sites (tertiary alicyclic amines) is 1. The van der Waals surface area contributed by atoms with Crippen molar-refractivity contribution >= 4 is 29.1 Å². The van der Waals surface area contributed by atoms with Crippen LogP contribution in [0.1, 0.15) is 35.0 Å². The average molecular weight is 402 g/mol. The Balaban J connectivity index is 1.51. The molecule has 7 heteroatoms. The van der Waals surface area contributed by atoms with Gasteiger partial charge in [-0.3, -0.25) is 4.79 Å². The Bertz CT molecular complexity index is 956. The molecule has 0 saturated carbocycles. The van der Waals surface area contributed by atoms with Gasteiger partial charge in [0.05, 0.1) is 16.5 Å². The van der Waals surface area contributed by atoms with Crippen LogP contribution in [0.4, 0.5) is 0 Å². The maximum atomic E-state index is 12.8. The third kappa shape index (κ3) is 3.84. The second kappa shape index (κ2) is 7.71. The first-order valence-corrected chi connectivity index (χ1v) is 9.51. The van der Waals surface area contributed by atoms with Gasteiger partial charge < -0.3 is 9.42 Å². The van der Waals surface area contributed by atoms with E-state index in [4.69, 9.17) is 27.7 Å². The van der Waals surface area contributed by atoms with Crippen LogP contribution in [-0.2, 0) is 0 Å². The predicted molar refractivity (Wildman–Crippen MR) is 104 cm³/mol. The zero-order valence-corrected chi connectivity index (χ0v) is 16.0. The molecule has 0 bridgehead atoms. The van der Waals surface area contributed by atoms with Crippen LogP contribution in [0.25, 0.3) is 11.4 Å². The number of hydrogen-bond donors (Lipinski definition) is 0. The SMILES string of the molecule is O=C(c1ccccc1Cl)N1CCCC(c2nc(-c3ccc(Cl)cc3)no2)C1. The number of halogens is 2. The number of amides is 1. The van der Waals surface area contributed by atoms with Crippen molar-refractivity contribution in [1.82, 2.24) is 15.0 Å². The summed E-state index contributed by atoms with van der Waals surface area (Å²) in [6, 6.07) is 14.4. The molecule has 1 amide bonds. The first-order chi connectivity index (χ1) is 13.1. The molecule has 4 rings (SSSR count). The summed E-state index contributed by atoms with van der Waals surface area (Å²) in [6.07, 6.45) is 1.77. The summed E-state index contributed by atoms with van der Waals surface area (Å²) in [6.45, 7) is 1.23. The maximum Gasteiger partial charge on any atom is 0.255 e. The summed E-state index contributed by atoms with van der Waals surface area (Å²) in [5, 5.41) is 5.20. The molecule has 1 fully saturated rings. The lowest BCUT2D eigenvalue weighted by Gasteiger charge is -2.31. The number of carbonyl (C=O) groups is 1. The zero-order valence-electron chi connectivity index (χ0n) is 14.4. The molecule has 2 aromatic carbocycles. The fourth-order valence-corrected chi connectivity index (χ4v) is 3.63. The molecular formula is C20H17Cl2N3O2. The van der Waals surface area contributed by atoms with Gasteiger partial charge in [0.2, 0.25) is 11.7 Å². The fourth-order valence-electron chi connectivity index (χ4n) is 3.29.